The maximum atomic E-state index is 11.9. The molecule has 0 aliphatic carbocycles. The molecule has 0 saturated heterocycles. The Bertz CT molecular complexity index is 472. The summed E-state index contributed by atoms with van der Waals surface area (Å²) in [6, 6.07) is 2.83. The molecule has 1 aromatic rings. The minimum atomic E-state index is -5.14. The predicted octanol–water partition coefficient (Wildman–Crippen LogP) is 1.80. The lowest BCUT2D eigenvalue weighted by atomic mass is 10.2. The number of rotatable bonds is 2. The number of hydrogen-bond donors (Lipinski definition) is 2. The van der Waals surface area contributed by atoms with Gasteiger partial charge in [-0.3, -0.25) is 14.9 Å². The van der Waals surface area contributed by atoms with Crippen molar-refractivity contribution in [1.82, 2.24) is 0 Å². The molecule has 0 radical (unpaired) electrons. The van der Waals surface area contributed by atoms with E-state index < -0.39 is 34.1 Å². The van der Waals surface area contributed by atoms with Crippen molar-refractivity contribution in [2.45, 2.75) is 6.18 Å². The number of nitro groups is 1. The summed E-state index contributed by atoms with van der Waals surface area (Å²) in [6.07, 6.45) is -5.14. The van der Waals surface area contributed by atoms with Crippen LogP contribution in [-0.2, 0) is 4.79 Å². The second kappa shape index (κ2) is 4.28. The molecule has 92 valence electrons. The largest absolute Gasteiger partial charge is 0.501 e. The van der Waals surface area contributed by atoms with Crippen molar-refractivity contribution in [3.63, 3.8) is 0 Å². The van der Waals surface area contributed by atoms with E-state index in [-0.39, 0.29) is 0 Å². The highest BCUT2D eigenvalue weighted by Gasteiger charge is 2.39. The number of aromatic hydroxyl groups is 1. The van der Waals surface area contributed by atoms with E-state index in [0.717, 1.165) is 18.2 Å². The minimum absolute atomic E-state index is 0.679. The molecule has 0 unspecified atom stereocenters. The summed E-state index contributed by atoms with van der Waals surface area (Å²) in [5, 5.41) is 20.9. The number of nitrogens with one attached hydrogen (secondary N) is 1. The molecule has 0 spiro atoms. The van der Waals surface area contributed by atoms with Crippen LogP contribution >= 0.6 is 0 Å². The third kappa shape index (κ3) is 2.83. The topological polar surface area (TPSA) is 92.5 Å². The van der Waals surface area contributed by atoms with Gasteiger partial charge in [0.15, 0.2) is 0 Å². The molecule has 0 fully saturated rings. The highest BCUT2D eigenvalue weighted by molar-refractivity contribution is 5.96. The van der Waals surface area contributed by atoms with E-state index in [1.807, 2.05) is 0 Å². The van der Waals surface area contributed by atoms with Crippen molar-refractivity contribution in [2.75, 3.05) is 5.32 Å². The van der Waals surface area contributed by atoms with Gasteiger partial charge in [-0.15, -0.1) is 0 Å². The summed E-state index contributed by atoms with van der Waals surface area (Å²) >= 11 is 0. The first kappa shape index (κ1) is 12.7. The van der Waals surface area contributed by atoms with Crippen molar-refractivity contribution in [3.05, 3.63) is 28.3 Å². The number of phenols is 1. The second-order valence-corrected chi connectivity index (χ2v) is 2.88. The third-order valence-corrected chi connectivity index (χ3v) is 1.72. The van der Waals surface area contributed by atoms with Gasteiger partial charge in [-0.1, -0.05) is 6.07 Å². The number of phenolic OH excluding ortho intramolecular Hbond substituents is 1. The van der Waals surface area contributed by atoms with Gasteiger partial charge in [0.2, 0.25) is 5.75 Å². The Labute approximate surface area is 91.8 Å². The molecule has 1 amide bonds. The van der Waals surface area contributed by atoms with Crippen molar-refractivity contribution in [1.29, 1.82) is 0 Å². The molecule has 1 aromatic carbocycles. The van der Waals surface area contributed by atoms with Gasteiger partial charge in [-0.2, -0.15) is 13.2 Å². The molecule has 6 nitrogen and oxygen atoms in total. The Morgan fingerprint density at radius 3 is 2.47 bits per heavy atom. The highest BCUT2D eigenvalue weighted by atomic mass is 19.4. The number of para-hydroxylation sites is 1. The standard InChI is InChI=1S/C8H5F3N2O4/c9-8(10,11)7(15)12-4-2-1-3-5(6(4)14)13(16)17/h1-3,14H,(H,12,15). The fourth-order valence-corrected chi connectivity index (χ4v) is 0.973. The van der Waals surface area contributed by atoms with Gasteiger partial charge in [0, 0.05) is 6.07 Å². The Balaban J connectivity index is 3.05. The summed E-state index contributed by atoms with van der Waals surface area (Å²) in [5.41, 5.74) is -1.48. The maximum absolute atomic E-state index is 11.9. The Hall–Kier alpha value is -2.32. The summed E-state index contributed by atoms with van der Waals surface area (Å²) in [5.74, 6) is -3.36. The average Bonchev–Trinajstić information content (AvgIpc) is 2.19. The second-order valence-electron chi connectivity index (χ2n) is 2.88. The normalized spacial score (nSPS) is 11.0. The Morgan fingerprint density at radius 1 is 1.41 bits per heavy atom. The van der Waals surface area contributed by atoms with Crippen molar-refractivity contribution in [3.8, 4) is 5.75 Å². The van der Waals surface area contributed by atoms with Crippen molar-refractivity contribution >= 4 is 17.3 Å². The number of amides is 1. The quantitative estimate of drug-likeness (QED) is 0.475. The average molecular weight is 250 g/mol. The van der Waals surface area contributed by atoms with E-state index in [1.54, 1.807) is 0 Å². The van der Waals surface area contributed by atoms with Gasteiger partial charge in [0.25, 0.3) is 0 Å². The summed E-state index contributed by atoms with van der Waals surface area (Å²) < 4.78 is 35.7. The SMILES string of the molecule is O=C(Nc1cccc([N+](=O)[O-])c1O)C(F)(F)F. The van der Waals surface area contributed by atoms with Gasteiger partial charge < -0.3 is 10.4 Å². The Kier molecular flexibility index (Phi) is 3.21. The molecule has 0 heterocycles. The van der Waals surface area contributed by atoms with Crippen molar-refractivity contribution < 1.29 is 28.0 Å². The first-order valence-electron chi connectivity index (χ1n) is 4.08. The molecule has 0 aliphatic rings. The smallest absolute Gasteiger partial charge is 0.471 e. The predicted molar refractivity (Wildman–Crippen MR) is 49.4 cm³/mol. The molecule has 0 bridgehead atoms. The number of anilines is 1. The molecule has 2 N–H and O–H groups in total. The molecule has 0 aliphatic heterocycles. The van der Waals surface area contributed by atoms with Crippen LogP contribution in [-0.4, -0.2) is 22.1 Å². The summed E-state index contributed by atoms with van der Waals surface area (Å²) in [6.45, 7) is 0. The first-order valence-corrected chi connectivity index (χ1v) is 4.08. The van der Waals surface area contributed by atoms with Crippen LogP contribution < -0.4 is 5.32 Å². The van der Waals surface area contributed by atoms with Crippen molar-refractivity contribution in [2.24, 2.45) is 0 Å². The minimum Gasteiger partial charge on any atom is -0.501 e. The van der Waals surface area contributed by atoms with E-state index in [0.29, 0.717) is 0 Å². The monoisotopic (exact) mass is 250 g/mol. The molecule has 9 heteroatoms. The molecule has 1 rings (SSSR count). The number of alkyl halides is 3. The van der Waals surface area contributed by atoms with E-state index >= 15 is 0 Å². The lowest BCUT2D eigenvalue weighted by Gasteiger charge is -2.08. The van der Waals surface area contributed by atoms with E-state index in [1.165, 1.54) is 5.32 Å². The number of carbonyl (C=O) groups excluding carboxylic acids is 1. The van der Waals surface area contributed by atoms with Crippen LogP contribution in [0.2, 0.25) is 0 Å². The van der Waals surface area contributed by atoms with Crippen LogP contribution in [0.1, 0.15) is 0 Å². The number of halogens is 3. The third-order valence-electron chi connectivity index (χ3n) is 1.72. The number of nitro benzene ring substituents is 1. The van der Waals surface area contributed by atoms with Crippen LogP contribution in [0.5, 0.6) is 5.75 Å². The number of nitrogens with zero attached hydrogens (tertiary/aromatic N) is 1. The van der Waals surface area contributed by atoms with E-state index in [2.05, 4.69) is 0 Å². The first-order chi connectivity index (χ1) is 7.73. The van der Waals surface area contributed by atoms with E-state index in [9.17, 15) is 33.2 Å². The molecule has 17 heavy (non-hydrogen) atoms. The molecule has 0 saturated carbocycles. The molecule has 0 atom stereocenters. The Morgan fingerprint density at radius 2 is 2.00 bits per heavy atom. The summed E-state index contributed by atoms with van der Waals surface area (Å²) in [7, 11) is 0. The summed E-state index contributed by atoms with van der Waals surface area (Å²) in [4.78, 5) is 19.9. The van der Waals surface area contributed by atoms with Crippen LogP contribution in [0.15, 0.2) is 18.2 Å². The van der Waals surface area contributed by atoms with Gasteiger partial charge in [-0.25, -0.2) is 0 Å². The molecular formula is C8H5F3N2O4. The van der Waals surface area contributed by atoms with E-state index in [4.69, 9.17) is 0 Å². The number of benzene rings is 1. The van der Waals surface area contributed by atoms with Gasteiger partial charge in [-0.05, 0) is 6.07 Å². The fraction of sp³-hybridized carbons (Fsp3) is 0.125. The zero-order valence-corrected chi connectivity index (χ0v) is 7.99. The zero-order valence-electron chi connectivity index (χ0n) is 7.99. The molecule has 0 aromatic heterocycles. The number of carbonyl (C=O) groups is 1. The lowest BCUT2D eigenvalue weighted by Crippen LogP contribution is -2.29. The zero-order chi connectivity index (χ0) is 13.2. The maximum Gasteiger partial charge on any atom is 0.471 e. The fourth-order valence-electron chi connectivity index (χ4n) is 0.973. The van der Waals surface area contributed by atoms with Gasteiger partial charge >= 0.3 is 17.8 Å². The van der Waals surface area contributed by atoms with Gasteiger partial charge in [0.05, 0.1) is 10.6 Å². The van der Waals surface area contributed by atoms with Crippen LogP contribution in [0.25, 0.3) is 0 Å². The molecular weight excluding hydrogens is 245 g/mol. The van der Waals surface area contributed by atoms with Crippen LogP contribution in [0.4, 0.5) is 24.5 Å². The lowest BCUT2D eigenvalue weighted by molar-refractivity contribution is -0.385. The van der Waals surface area contributed by atoms with Gasteiger partial charge in [0.1, 0.15) is 0 Å². The highest BCUT2D eigenvalue weighted by Crippen LogP contribution is 2.34. The number of hydrogen-bond acceptors (Lipinski definition) is 4. The van der Waals surface area contributed by atoms with Crippen LogP contribution in [0.3, 0.4) is 0 Å². The van der Waals surface area contributed by atoms with Crippen LogP contribution in [0, 0.1) is 10.1 Å².